The normalized spacial score (nSPS) is 10.2. The molecule has 0 aliphatic heterocycles. The summed E-state index contributed by atoms with van der Waals surface area (Å²) in [5, 5.41) is 5.42. The molecule has 0 radical (unpaired) electrons. The van der Waals surface area contributed by atoms with E-state index in [9.17, 15) is 18.8 Å². The number of anilines is 1. The minimum absolute atomic E-state index is 0.0673. The summed E-state index contributed by atoms with van der Waals surface area (Å²) in [4.78, 5) is 35.6. The lowest BCUT2D eigenvalue weighted by Gasteiger charge is -2.11. The van der Waals surface area contributed by atoms with E-state index < -0.39 is 11.7 Å². The number of nitrogens with one attached hydrogen (secondary N) is 2. The van der Waals surface area contributed by atoms with Gasteiger partial charge in [-0.2, -0.15) is 0 Å². The summed E-state index contributed by atoms with van der Waals surface area (Å²) in [5.74, 6) is -1.76. The van der Waals surface area contributed by atoms with Crippen molar-refractivity contribution in [2.24, 2.45) is 0 Å². The lowest BCUT2D eigenvalue weighted by Crippen LogP contribution is -2.25. The Labute approximate surface area is 163 Å². The first-order valence-electron chi connectivity index (χ1n) is 8.94. The molecule has 0 bridgehead atoms. The second-order valence-electron chi connectivity index (χ2n) is 6.25. The number of amides is 2. The third kappa shape index (κ3) is 5.90. The van der Waals surface area contributed by atoms with Gasteiger partial charge in [0.1, 0.15) is 5.82 Å². The summed E-state index contributed by atoms with van der Waals surface area (Å²) in [6.45, 7) is 2.20. The van der Waals surface area contributed by atoms with E-state index in [1.54, 1.807) is 31.2 Å². The van der Waals surface area contributed by atoms with Crippen LogP contribution in [0.15, 0.2) is 42.5 Å². The Morgan fingerprint density at radius 2 is 1.79 bits per heavy atom. The van der Waals surface area contributed by atoms with Crippen molar-refractivity contribution in [3.63, 3.8) is 0 Å². The van der Waals surface area contributed by atoms with Gasteiger partial charge in [0.2, 0.25) is 0 Å². The van der Waals surface area contributed by atoms with Crippen LogP contribution in [0.4, 0.5) is 10.1 Å². The van der Waals surface area contributed by atoms with Gasteiger partial charge < -0.3 is 15.4 Å². The molecular formula is C21H23FN2O4. The third-order valence-electron chi connectivity index (χ3n) is 4.19. The number of hydrogen-bond acceptors (Lipinski definition) is 4. The van der Waals surface area contributed by atoms with E-state index in [4.69, 9.17) is 0 Å². The van der Waals surface area contributed by atoms with Gasteiger partial charge in [-0.1, -0.05) is 18.2 Å². The van der Waals surface area contributed by atoms with Gasteiger partial charge in [0.25, 0.3) is 11.8 Å². The van der Waals surface area contributed by atoms with Gasteiger partial charge >= 0.3 is 5.97 Å². The number of unbranched alkanes of at least 4 members (excludes halogenated alkanes) is 1. The summed E-state index contributed by atoms with van der Waals surface area (Å²) in [7, 11) is 1.34. The van der Waals surface area contributed by atoms with Crippen LogP contribution in [0, 0.1) is 12.7 Å². The standard InChI is InChI=1S/C21H23FN2O4/c1-14-10-11-15(20(26)23-12-6-5-9-19(25)28-2)13-18(14)24-21(27)16-7-3-4-8-17(16)22/h3-4,7-8,10-11,13H,5-6,9,12H2,1-2H3,(H,23,26)(H,24,27). The van der Waals surface area contributed by atoms with Crippen molar-refractivity contribution < 1.29 is 23.5 Å². The van der Waals surface area contributed by atoms with Gasteiger partial charge in [-0.15, -0.1) is 0 Å². The molecule has 0 heterocycles. The molecule has 0 spiro atoms. The first kappa shape index (κ1) is 21.1. The number of ether oxygens (including phenoxy) is 1. The van der Waals surface area contributed by atoms with Gasteiger partial charge in [-0.05, 0) is 49.6 Å². The number of carbonyl (C=O) groups excluding carboxylic acids is 3. The predicted octanol–water partition coefficient (Wildman–Crippen LogP) is 3.46. The Morgan fingerprint density at radius 3 is 2.50 bits per heavy atom. The van der Waals surface area contributed by atoms with Crippen LogP contribution in [-0.4, -0.2) is 31.4 Å². The quantitative estimate of drug-likeness (QED) is 0.538. The summed E-state index contributed by atoms with van der Waals surface area (Å²) in [5.41, 5.74) is 1.50. The van der Waals surface area contributed by atoms with Crippen LogP contribution in [0.1, 0.15) is 45.5 Å². The number of methoxy groups -OCH3 is 1. The highest BCUT2D eigenvalue weighted by Gasteiger charge is 2.14. The van der Waals surface area contributed by atoms with Crippen LogP contribution in [0.3, 0.4) is 0 Å². The predicted molar refractivity (Wildman–Crippen MR) is 104 cm³/mol. The van der Waals surface area contributed by atoms with Crippen molar-refractivity contribution >= 4 is 23.5 Å². The van der Waals surface area contributed by atoms with Gasteiger partial charge in [0, 0.05) is 24.2 Å². The Balaban J connectivity index is 1.96. The Hall–Kier alpha value is -3.22. The average Bonchev–Trinajstić information content (AvgIpc) is 2.69. The van der Waals surface area contributed by atoms with Crippen LogP contribution in [0.5, 0.6) is 0 Å². The highest BCUT2D eigenvalue weighted by atomic mass is 19.1. The number of hydrogen-bond donors (Lipinski definition) is 2. The van der Waals surface area contributed by atoms with E-state index >= 15 is 0 Å². The van der Waals surface area contributed by atoms with E-state index in [1.165, 1.54) is 25.3 Å². The molecule has 0 saturated heterocycles. The van der Waals surface area contributed by atoms with Crippen LogP contribution in [0.2, 0.25) is 0 Å². The van der Waals surface area contributed by atoms with Gasteiger partial charge in [-0.25, -0.2) is 4.39 Å². The number of halogens is 1. The number of aryl methyl sites for hydroxylation is 1. The van der Waals surface area contributed by atoms with E-state index in [1.807, 2.05) is 0 Å². The second kappa shape index (κ2) is 10.2. The molecule has 28 heavy (non-hydrogen) atoms. The maximum Gasteiger partial charge on any atom is 0.305 e. The lowest BCUT2D eigenvalue weighted by molar-refractivity contribution is -0.140. The largest absolute Gasteiger partial charge is 0.469 e. The number of benzene rings is 2. The van der Waals surface area contributed by atoms with E-state index in [0.717, 1.165) is 5.56 Å². The smallest absolute Gasteiger partial charge is 0.305 e. The molecule has 0 unspecified atom stereocenters. The van der Waals surface area contributed by atoms with E-state index in [2.05, 4.69) is 15.4 Å². The molecule has 2 aromatic rings. The summed E-state index contributed by atoms with van der Waals surface area (Å²) in [6, 6.07) is 10.6. The zero-order valence-corrected chi connectivity index (χ0v) is 15.9. The molecule has 2 amide bonds. The fourth-order valence-electron chi connectivity index (χ4n) is 2.53. The minimum Gasteiger partial charge on any atom is -0.469 e. The van der Waals surface area contributed by atoms with Crippen molar-refractivity contribution in [3.8, 4) is 0 Å². The van der Waals surface area contributed by atoms with Crippen molar-refractivity contribution in [1.82, 2.24) is 5.32 Å². The van der Waals surface area contributed by atoms with Crippen LogP contribution in [0.25, 0.3) is 0 Å². The van der Waals surface area contributed by atoms with E-state index in [-0.39, 0.29) is 17.4 Å². The molecule has 2 aromatic carbocycles. The molecule has 0 saturated carbocycles. The monoisotopic (exact) mass is 386 g/mol. The van der Waals surface area contributed by atoms with E-state index in [0.29, 0.717) is 37.1 Å². The molecule has 2 rings (SSSR count). The molecule has 148 valence electrons. The molecule has 0 aromatic heterocycles. The van der Waals surface area contributed by atoms with Gasteiger partial charge in [0.15, 0.2) is 0 Å². The minimum atomic E-state index is -0.612. The Morgan fingerprint density at radius 1 is 1.04 bits per heavy atom. The highest BCUT2D eigenvalue weighted by Crippen LogP contribution is 2.19. The fourth-order valence-corrected chi connectivity index (χ4v) is 2.53. The lowest BCUT2D eigenvalue weighted by atomic mass is 10.1. The van der Waals surface area contributed by atoms with Crippen molar-refractivity contribution in [3.05, 3.63) is 65.0 Å². The molecule has 0 fully saturated rings. The topological polar surface area (TPSA) is 84.5 Å². The zero-order valence-electron chi connectivity index (χ0n) is 15.9. The fraction of sp³-hybridized carbons (Fsp3) is 0.286. The second-order valence-corrected chi connectivity index (χ2v) is 6.25. The van der Waals surface area contributed by atoms with Gasteiger partial charge in [-0.3, -0.25) is 14.4 Å². The SMILES string of the molecule is COC(=O)CCCCNC(=O)c1ccc(C)c(NC(=O)c2ccccc2F)c1. The molecule has 6 nitrogen and oxygen atoms in total. The molecule has 0 aliphatic carbocycles. The maximum absolute atomic E-state index is 13.8. The third-order valence-corrected chi connectivity index (χ3v) is 4.19. The highest BCUT2D eigenvalue weighted by molar-refractivity contribution is 6.05. The first-order chi connectivity index (χ1) is 13.4. The summed E-state index contributed by atoms with van der Waals surface area (Å²) < 4.78 is 18.3. The number of esters is 1. The van der Waals surface area contributed by atoms with Gasteiger partial charge in [0.05, 0.1) is 12.7 Å². The zero-order chi connectivity index (χ0) is 20.5. The van der Waals surface area contributed by atoms with Crippen LogP contribution in [-0.2, 0) is 9.53 Å². The molecular weight excluding hydrogens is 363 g/mol. The summed E-state index contributed by atoms with van der Waals surface area (Å²) >= 11 is 0. The van der Waals surface area contributed by atoms with Crippen molar-refractivity contribution in [2.75, 3.05) is 19.0 Å². The van der Waals surface area contributed by atoms with Crippen LogP contribution < -0.4 is 10.6 Å². The summed E-state index contributed by atoms with van der Waals surface area (Å²) in [6.07, 6.45) is 1.57. The molecule has 0 aliphatic rings. The number of rotatable bonds is 8. The average molecular weight is 386 g/mol. The maximum atomic E-state index is 13.8. The Bertz CT molecular complexity index is 867. The molecule has 2 N–H and O–H groups in total. The van der Waals surface area contributed by atoms with Crippen molar-refractivity contribution in [1.29, 1.82) is 0 Å². The number of carbonyl (C=O) groups is 3. The molecule has 7 heteroatoms. The molecule has 0 atom stereocenters. The van der Waals surface area contributed by atoms with Crippen LogP contribution >= 0.6 is 0 Å². The Kier molecular flexibility index (Phi) is 7.68. The van der Waals surface area contributed by atoms with Crippen molar-refractivity contribution in [2.45, 2.75) is 26.2 Å². The first-order valence-corrected chi connectivity index (χ1v) is 8.94.